The lowest BCUT2D eigenvalue weighted by molar-refractivity contribution is 0.0517. The van der Waals surface area contributed by atoms with E-state index in [0.717, 1.165) is 20.8 Å². The molecule has 4 nitrogen and oxygen atoms in total. The van der Waals surface area contributed by atoms with Gasteiger partial charge in [0.1, 0.15) is 16.6 Å². The van der Waals surface area contributed by atoms with Crippen molar-refractivity contribution in [2.75, 3.05) is 19.6 Å². The van der Waals surface area contributed by atoms with E-state index in [4.69, 9.17) is 15.2 Å². The van der Waals surface area contributed by atoms with Crippen LogP contribution in [0.15, 0.2) is 36.4 Å². The third-order valence-corrected chi connectivity index (χ3v) is 4.01. The van der Waals surface area contributed by atoms with Gasteiger partial charge < -0.3 is 15.2 Å². The summed E-state index contributed by atoms with van der Waals surface area (Å²) >= 11 is 1.42. The second-order valence-electron chi connectivity index (χ2n) is 4.43. The molecule has 0 bridgehead atoms. The van der Waals surface area contributed by atoms with Gasteiger partial charge in [0.05, 0.1) is 15.9 Å². The molecule has 0 saturated carbocycles. The molecule has 6 heteroatoms. The number of ether oxygens (including phenoxy) is 2. The van der Waals surface area contributed by atoms with Crippen molar-refractivity contribution in [1.82, 2.24) is 4.98 Å². The average Bonchev–Trinajstić information content (AvgIpc) is 2.89. The molecule has 3 rings (SSSR count). The SMILES string of the molecule is COCOc1cc(-c2nc3ccc(F)cc3s2)ccc1N. The number of anilines is 1. The van der Waals surface area contributed by atoms with Gasteiger partial charge in [-0.05, 0) is 36.4 Å². The molecule has 0 unspecified atom stereocenters. The molecule has 0 saturated heterocycles. The zero-order valence-corrected chi connectivity index (χ0v) is 12.1. The molecule has 1 aromatic heterocycles. The molecule has 3 aromatic rings. The van der Waals surface area contributed by atoms with Crippen molar-refractivity contribution >= 4 is 27.2 Å². The minimum Gasteiger partial charge on any atom is -0.465 e. The quantitative estimate of drug-likeness (QED) is 0.590. The lowest BCUT2D eigenvalue weighted by Crippen LogP contribution is -2.01. The highest BCUT2D eigenvalue weighted by molar-refractivity contribution is 7.21. The van der Waals surface area contributed by atoms with Gasteiger partial charge in [0.2, 0.25) is 0 Å². The fraction of sp³-hybridized carbons (Fsp3) is 0.133. The van der Waals surface area contributed by atoms with Crippen LogP contribution in [0.5, 0.6) is 5.75 Å². The zero-order valence-electron chi connectivity index (χ0n) is 11.3. The van der Waals surface area contributed by atoms with Crippen LogP contribution in [0.3, 0.4) is 0 Å². The van der Waals surface area contributed by atoms with Gasteiger partial charge in [-0.1, -0.05) is 0 Å². The molecular weight excluding hydrogens is 291 g/mol. The van der Waals surface area contributed by atoms with Crippen LogP contribution in [-0.4, -0.2) is 18.9 Å². The first-order valence-electron chi connectivity index (χ1n) is 6.25. The highest BCUT2D eigenvalue weighted by atomic mass is 32.1. The number of halogens is 1. The van der Waals surface area contributed by atoms with Crippen molar-refractivity contribution in [3.63, 3.8) is 0 Å². The lowest BCUT2D eigenvalue weighted by Gasteiger charge is -2.08. The molecule has 2 N–H and O–H groups in total. The minimum atomic E-state index is -0.265. The number of hydrogen-bond acceptors (Lipinski definition) is 5. The van der Waals surface area contributed by atoms with Crippen LogP contribution < -0.4 is 10.5 Å². The molecular formula is C15H13FN2O2S. The van der Waals surface area contributed by atoms with Gasteiger partial charge in [-0.2, -0.15) is 0 Å². The maximum atomic E-state index is 13.2. The summed E-state index contributed by atoms with van der Waals surface area (Å²) in [5, 5.41) is 0.790. The fourth-order valence-corrected chi connectivity index (χ4v) is 2.92. The Morgan fingerprint density at radius 2 is 2.10 bits per heavy atom. The molecule has 21 heavy (non-hydrogen) atoms. The number of fused-ring (bicyclic) bond motifs is 1. The van der Waals surface area contributed by atoms with Crippen LogP contribution >= 0.6 is 11.3 Å². The van der Waals surface area contributed by atoms with Gasteiger partial charge in [-0.15, -0.1) is 11.3 Å². The lowest BCUT2D eigenvalue weighted by atomic mass is 10.2. The number of methoxy groups -OCH3 is 1. The van der Waals surface area contributed by atoms with Crippen LogP contribution in [0.2, 0.25) is 0 Å². The first kappa shape index (κ1) is 13.8. The molecule has 0 spiro atoms. The van der Waals surface area contributed by atoms with Crippen LogP contribution in [0.25, 0.3) is 20.8 Å². The van der Waals surface area contributed by atoms with Gasteiger partial charge >= 0.3 is 0 Å². The normalized spacial score (nSPS) is 11.0. The second kappa shape index (κ2) is 5.67. The highest BCUT2D eigenvalue weighted by Gasteiger charge is 2.10. The predicted octanol–water partition coefficient (Wildman–Crippen LogP) is 3.67. The fourth-order valence-electron chi connectivity index (χ4n) is 1.94. The molecule has 0 aliphatic carbocycles. The van der Waals surface area contributed by atoms with Crippen molar-refractivity contribution < 1.29 is 13.9 Å². The summed E-state index contributed by atoms with van der Waals surface area (Å²) in [4.78, 5) is 4.50. The maximum absolute atomic E-state index is 13.2. The Balaban J connectivity index is 2.01. The van der Waals surface area contributed by atoms with Crippen molar-refractivity contribution in [2.24, 2.45) is 0 Å². The average molecular weight is 304 g/mol. The summed E-state index contributed by atoms with van der Waals surface area (Å²) in [6.45, 7) is 0.124. The van der Waals surface area contributed by atoms with E-state index in [-0.39, 0.29) is 12.6 Å². The number of nitrogens with two attached hydrogens (primary N) is 1. The summed E-state index contributed by atoms with van der Waals surface area (Å²) in [6.07, 6.45) is 0. The third-order valence-electron chi connectivity index (χ3n) is 2.94. The molecule has 1 heterocycles. The number of benzene rings is 2. The monoisotopic (exact) mass is 304 g/mol. The van der Waals surface area contributed by atoms with E-state index in [0.29, 0.717) is 11.4 Å². The van der Waals surface area contributed by atoms with Crippen molar-refractivity contribution in [1.29, 1.82) is 0 Å². The Morgan fingerprint density at radius 3 is 2.90 bits per heavy atom. The molecule has 0 aliphatic rings. The molecule has 0 amide bonds. The van der Waals surface area contributed by atoms with Gasteiger partial charge in [0.25, 0.3) is 0 Å². The number of aromatic nitrogens is 1. The van der Waals surface area contributed by atoms with Gasteiger partial charge in [-0.3, -0.25) is 0 Å². The van der Waals surface area contributed by atoms with Gasteiger partial charge in [0.15, 0.2) is 6.79 Å². The third kappa shape index (κ3) is 2.81. The molecule has 0 aliphatic heterocycles. The highest BCUT2D eigenvalue weighted by Crippen LogP contribution is 2.34. The first-order valence-corrected chi connectivity index (χ1v) is 7.07. The summed E-state index contributed by atoms with van der Waals surface area (Å²) in [6, 6.07) is 9.99. The van der Waals surface area contributed by atoms with Crippen LogP contribution in [0.4, 0.5) is 10.1 Å². The number of nitrogen functional groups attached to an aromatic ring is 1. The number of nitrogens with zero attached hydrogens (tertiary/aromatic N) is 1. The van der Waals surface area contributed by atoms with Gasteiger partial charge in [-0.25, -0.2) is 9.37 Å². The van der Waals surface area contributed by atoms with Crippen molar-refractivity contribution in [3.05, 3.63) is 42.2 Å². The molecule has 0 atom stereocenters. The first-order chi connectivity index (χ1) is 10.2. The molecule has 2 aromatic carbocycles. The largest absolute Gasteiger partial charge is 0.465 e. The van der Waals surface area contributed by atoms with E-state index in [1.165, 1.54) is 23.5 Å². The van der Waals surface area contributed by atoms with Crippen LogP contribution in [0, 0.1) is 5.82 Å². The Bertz CT molecular complexity index is 788. The molecule has 0 radical (unpaired) electrons. The van der Waals surface area contributed by atoms with E-state index in [1.54, 1.807) is 19.2 Å². The summed E-state index contributed by atoms with van der Waals surface area (Å²) in [5.74, 6) is 0.277. The van der Waals surface area contributed by atoms with E-state index in [1.807, 2.05) is 12.1 Å². The van der Waals surface area contributed by atoms with Gasteiger partial charge in [0, 0.05) is 12.7 Å². The second-order valence-corrected chi connectivity index (χ2v) is 5.47. The number of rotatable bonds is 4. The Labute approximate surface area is 124 Å². The standard InChI is InChI=1S/C15H13FN2O2S/c1-19-8-20-13-6-9(2-4-11(13)17)15-18-12-5-3-10(16)7-14(12)21-15/h2-7H,8,17H2,1H3. The number of hydrogen-bond donors (Lipinski definition) is 1. The Kier molecular flexibility index (Phi) is 3.72. The summed E-state index contributed by atoms with van der Waals surface area (Å²) in [7, 11) is 1.54. The number of thiazole rings is 1. The zero-order chi connectivity index (χ0) is 14.8. The van der Waals surface area contributed by atoms with E-state index in [2.05, 4.69) is 4.98 Å². The van der Waals surface area contributed by atoms with Crippen molar-refractivity contribution in [2.45, 2.75) is 0 Å². The minimum absolute atomic E-state index is 0.124. The van der Waals surface area contributed by atoms with Crippen LogP contribution in [0.1, 0.15) is 0 Å². The Hall–Kier alpha value is -2.18. The predicted molar refractivity (Wildman–Crippen MR) is 81.9 cm³/mol. The van der Waals surface area contributed by atoms with Crippen LogP contribution in [-0.2, 0) is 4.74 Å². The van der Waals surface area contributed by atoms with E-state index < -0.39 is 0 Å². The van der Waals surface area contributed by atoms with E-state index >= 15 is 0 Å². The Morgan fingerprint density at radius 1 is 1.24 bits per heavy atom. The summed E-state index contributed by atoms with van der Waals surface area (Å²) < 4.78 is 24.3. The summed E-state index contributed by atoms with van der Waals surface area (Å²) in [5.41, 5.74) is 8.03. The maximum Gasteiger partial charge on any atom is 0.188 e. The van der Waals surface area contributed by atoms with Crippen molar-refractivity contribution in [3.8, 4) is 16.3 Å². The topological polar surface area (TPSA) is 57.4 Å². The van der Waals surface area contributed by atoms with E-state index in [9.17, 15) is 4.39 Å². The molecule has 0 fully saturated rings. The smallest absolute Gasteiger partial charge is 0.188 e. The molecule has 108 valence electrons.